The summed E-state index contributed by atoms with van der Waals surface area (Å²) in [6.45, 7) is 3.51. The molecule has 3 nitrogen and oxygen atoms in total. The van der Waals surface area contributed by atoms with Crippen molar-refractivity contribution in [1.82, 2.24) is 4.98 Å². The summed E-state index contributed by atoms with van der Waals surface area (Å²) in [5.74, 6) is -0.104. The number of halogens is 4. The van der Waals surface area contributed by atoms with E-state index in [0.717, 1.165) is 16.5 Å². The van der Waals surface area contributed by atoms with Crippen molar-refractivity contribution < 1.29 is 27.4 Å². The molecule has 0 bridgehead atoms. The van der Waals surface area contributed by atoms with Crippen molar-refractivity contribution in [3.8, 4) is 16.9 Å². The van der Waals surface area contributed by atoms with Gasteiger partial charge in [0.25, 0.3) is 0 Å². The molecule has 0 saturated heterocycles. The minimum Gasteiger partial charge on any atom is -0.493 e. The van der Waals surface area contributed by atoms with Crippen LogP contribution in [0.4, 0.5) is 17.6 Å². The van der Waals surface area contributed by atoms with Crippen LogP contribution in [-0.2, 0) is 18.3 Å². The van der Waals surface area contributed by atoms with Crippen LogP contribution in [0.5, 0.6) is 5.75 Å². The van der Waals surface area contributed by atoms with Gasteiger partial charge in [0.2, 0.25) is 0 Å². The predicted molar refractivity (Wildman–Crippen MR) is 132 cm³/mol. The van der Waals surface area contributed by atoms with Gasteiger partial charge in [0.1, 0.15) is 11.6 Å². The van der Waals surface area contributed by atoms with Crippen LogP contribution < -0.4 is 4.74 Å². The average molecular weight is 498 g/mol. The summed E-state index contributed by atoms with van der Waals surface area (Å²) in [7, 11) is 0. The average Bonchev–Trinajstić information content (AvgIpc) is 3.43. The van der Waals surface area contributed by atoms with Crippen molar-refractivity contribution in [3.05, 3.63) is 89.4 Å². The molecule has 2 N–H and O–H groups in total. The minimum atomic E-state index is -4.91. The van der Waals surface area contributed by atoms with Crippen molar-refractivity contribution in [2.45, 2.75) is 50.3 Å². The number of hydrogen-bond donors (Lipinski definition) is 2. The molecule has 5 rings (SSSR count). The van der Waals surface area contributed by atoms with Crippen LogP contribution in [-0.4, -0.2) is 28.5 Å². The van der Waals surface area contributed by atoms with E-state index in [4.69, 9.17) is 4.74 Å². The lowest BCUT2D eigenvalue weighted by molar-refractivity contribution is -0.266. The van der Waals surface area contributed by atoms with Gasteiger partial charge >= 0.3 is 6.18 Å². The monoisotopic (exact) mass is 497 g/mol. The van der Waals surface area contributed by atoms with Crippen LogP contribution in [0.3, 0.4) is 0 Å². The van der Waals surface area contributed by atoms with E-state index in [1.165, 1.54) is 12.1 Å². The number of nitrogens with one attached hydrogen (secondary N) is 1. The first-order valence-corrected chi connectivity index (χ1v) is 11.9. The van der Waals surface area contributed by atoms with Crippen LogP contribution in [0.25, 0.3) is 22.0 Å². The van der Waals surface area contributed by atoms with E-state index >= 15 is 0 Å². The highest BCUT2D eigenvalue weighted by Gasteiger charge is 2.56. The van der Waals surface area contributed by atoms with Gasteiger partial charge in [-0.25, -0.2) is 4.39 Å². The fourth-order valence-electron chi connectivity index (χ4n) is 5.27. The Bertz CT molecular complexity index is 1410. The minimum absolute atomic E-state index is 0.270. The predicted octanol–water partition coefficient (Wildman–Crippen LogP) is 7.11. The quantitative estimate of drug-likeness (QED) is 0.279. The molecule has 4 aromatic rings. The van der Waals surface area contributed by atoms with E-state index in [1.807, 2.05) is 48.5 Å². The van der Waals surface area contributed by atoms with Crippen molar-refractivity contribution in [2.24, 2.45) is 0 Å². The smallest absolute Gasteiger partial charge is 0.417 e. The second kappa shape index (κ2) is 8.66. The maximum atomic E-state index is 14.4. The van der Waals surface area contributed by atoms with Crippen molar-refractivity contribution in [2.75, 3.05) is 6.61 Å². The van der Waals surface area contributed by atoms with Gasteiger partial charge in [-0.1, -0.05) is 50.2 Å². The molecule has 0 fully saturated rings. The van der Waals surface area contributed by atoms with Gasteiger partial charge in [-0.2, -0.15) is 13.2 Å². The van der Waals surface area contributed by atoms with Gasteiger partial charge in [0.05, 0.1) is 6.61 Å². The summed E-state index contributed by atoms with van der Waals surface area (Å²) < 4.78 is 63.0. The zero-order valence-corrected chi connectivity index (χ0v) is 20.0. The van der Waals surface area contributed by atoms with E-state index in [0.29, 0.717) is 35.4 Å². The number of benzene rings is 3. The molecule has 1 aromatic heterocycles. The van der Waals surface area contributed by atoms with Crippen LogP contribution in [0.1, 0.15) is 37.1 Å². The molecule has 1 aliphatic rings. The lowest BCUT2D eigenvalue weighted by Crippen LogP contribution is -2.51. The van der Waals surface area contributed by atoms with Crippen LogP contribution in [0.2, 0.25) is 0 Å². The SMILES string of the molecule is CC(C)(CC(O)(Cc1cc2cc(-c3ccccc3)ccc2[nH]1)C(F)(F)F)c1cc(F)cc2c1OCC2. The Kier molecular flexibility index (Phi) is 5.86. The van der Waals surface area contributed by atoms with Crippen LogP contribution in [0, 0.1) is 5.82 Å². The first-order chi connectivity index (χ1) is 17.0. The molecule has 7 heteroatoms. The van der Waals surface area contributed by atoms with Crippen molar-refractivity contribution >= 4 is 10.9 Å². The fourth-order valence-corrected chi connectivity index (χ4v) is 5.27. The molecule has 36 heavy (non-hydrogen) atoms. The number of alkyl halides is 3. The van der Waals surface area contributed by atoms with E-state index < -0.39 is 35.9 Å². The topological polar surface area (TPSA) is 45.2 Å². The molecule has 0 aliphatic carbocycles. The summed E-state index contributed by atoms with van der Waals surface area (Å²) in [6.07, 6.45) is -5.73. The normalized spacial score (nSPS) is 15.5. The van der Waals surface area contributed by atoms with Crippen molar-refractivity contribution in [1.29, 1.82) is 0 Å². The van der Waals surface area contributed by atoms with Gasteiger partial charge in [-0.3, -0.25) is 0 Å². The van der Waals surface area contributed by atoms with Gasteiger partial charge in [0.15, 0.2) is 5.60 Å². The summed E-state index contributed by atoms with van der Waals surface area (Å²) in [5.41, 5.74) is -0.386. The number of ether oxygens (including phenoxy) is 1. The van der Waals surface area contributed by atoms with Gasteiger partial charge < -0.3 is 14.8 Å². The Morgan fingerprint density at radius 3 is 2.42 bits per heavy atom. The number of aliphatic hydroxyl groups is 1. The molecule has 2 heterocycles. The zero-order valence-electron chi connectivity index (χ0n) is 20.0. The molecule has 0 saturated carbocycles. The maximum absolute atomic E-state index is 14.4. The van der Waals surface area contributed by atoms with Gasteiger partial charge in [-0.05, 0) is 53.3 Å². The summed E-state index contributed by atoms with van der Waals surface area (Å²) >= 11 is 0. The third kappa shape index (κ3) is 4.48. The lowest BCUT2D eigenvalue weighted by atomic mass is 9.72. The molecular weight excluding hydrogens is 470 g/mol. The number of hydrogen-bond acceptors (Lipinski definition) is 2. The van der Waals surface area contributed by atoms with Crippen LogP contribution in [0.15, 0.2) is 66.7 Å². The Balaban J connectivity index is 1.48. The molecule has 1 atom stereocenters. The highest BCUT2D eigenvalue weighted by atomic mass is 19.4. The largest absolute Gasteiger partial charge is 0.493 e. The van der Waals surface area contributed by atoms with E-state index in [9.17, 15) is 22.7 Å². The number of H-pyrrole nitrogens is 1. The summed E-state index contributed by atoms with van der Waals surface area (Å²) in [6, 6.07) is 19.5. The lowest BCUT2D eigenvalue weighted by Gasteiger charge is -2.38. The highest BCUT2D eigenvalue weighted by molar-refractivity contribution is 5.85. The fraction of sp³-hybridized carbons (Fsp3) is 0.310. The molecule has 0 amide bonds. The van der Waals surface area contributed by atoms with E-state index in [1.54, 1.807) is 19.9 Å². The third-order valence-corrected chi connectivity index (χ3v) is 7.01. The molecule has 0 spiro atoms. The second-order valence-electron chi connectivity index (χ2n) is 10.3. The van der Waals surface area contributed by atoms with Crippen LogP contribution >= 0.6 is 0 Å². The molecule has 1 unspecified atom stereocenters. The highest BCUT2D eigenvalue weighted by Crippen LogP contribution is 2.47. The molecule has 0 radical (unpaired) electrons. The Morgan fingerprint density at radius 2 is 1.69 bits per heavy atom. The Labute approximate surface area is 206 Å². The zero-order chi connectivity index (χ0) is 25.7. The number of rotatable bonds is 6. The molecular formula is C29H27F4NO2. The van der Waals surface area contributed by atoms with Gasteiger partial charge in [0, 0.05) is 40.6 Å². The summed E-state index contributed by atoms with van der Waals surface area (Å²) in [4.78, 5) is 3.03. The van der Waals surface area contributed by atoms with E-state index in [2.05, 4.69) is 4.98 Å². The summed E-state index contributed by atoms with van der Waals surface area (Å²) in [5, 5.41) is 11.9. The maximum Gasteiger partial charge on any atom is 0.417 e. The standard InChI is InChI=1S/C29H27F4NO2/c1-27(2,24-15-22(30)13-20-10-11-36-26(20)24)17-28(35,29(31,32)33)16-23-14-21-12-19(8-9-25(21)34-23)18-6-4-3-5-7-18/h3-9,12-15,34-35H,10-11,16-17H2,1-2H3. The number of aromatic amines is 1. The second-order valence-corrected chi connectivity index (χ2v) is 10.3. The van der Waals surface area contributed by atoms with E-state index in [-0.39, 0.29) is 5.69 Å². The number of fused-ring (bicyclic) bond motifs is 2. The van der Waals surface area contributed by atoms with Gasteiger partial charge in [-0.15, -0.1) is 0 Å². The number of aromatic nitrogens is 1. The Morgan fingerprint density at radius 1 is 0.944 bits per heavy atom. The Hall–Kier alpha value is -3.32. The first-order valence-electron chi connectivity index (χ1n) is 11.9. The third-order valence-electron chi connectivity index (χ3n) is 7.01. The molecule has 188 valence electrons. The first kappa shape index (κ1) is 24.4. The molecule has 3 aromatic carbocycles. The molecule has 1 aliphatic heterocycles. The van der Waals surface area contributed by atoms with Crippen molar-refractivity contribution in [3.63, 3.8) is 0 Å².